The lowest BCUT2D eigenvalue weighted by Gasteiger charge is -2.19. The van der Waals surface area contributed by atoms with Crippen molar-refractivity contribution in [1.82, 2.24) is 5.31 Å². The molecule has 0 spiro atoms. The van der Waals surface area contributed by atoms with Gasteiger partial charge in [0, 0.05) is 14.7 Å². The van der Waals surface area contributed by atoms with Crippen LogP contribution in [0.5, 0.6) is 0 Å². The van der Waals surface area contributed by atoms with E-state index in [1.54, 1.807) is 20.8 Å². The monoisotopic (exact) mass is 162 g/mol. The van der Waals surface area contributed by atoms with E-state index >= 15 is 0 Å². The van der Waals surface area contributed by atoms with Gasteiger partial charge in [0.25, 0.3) is 0 Å². The van der Waals surface area contributed by atoms with Gasteiger partial charge in [0.1, 0.15) is 1.41 Å². The summed E-state index contributed by atoms with van der Waals surface area (Å²) in [5.74, 6) is -1.31. The predicted octanol–water partition coefficient (Wildman–Crippen LogP) is 1.24. The molecule has 0 amide bonds. The highest BCUT2D eigenvalue weighted by molar-refractivity contribution is 5.66. The number of carboxylic acid groups (broad SMARTS) is 1. The van der Waals surface area contributed by atoms with Crippen molar-refractivity contribution in [2.24, 2.45) is 0 Å². The Kier molecular flexibility index (Phi) is 2.37. The van der Waals surface area contributed by atoms with Crippen LogP contribution in [0.3, 0.4) is 0 Å². The quantitative estimate of drug-likeness (QED) is 0.654. The van der Waals surface area contributed by atoms with Gasteiger partial charge in [-0.2, -0.15) is 0 Å². The van der Waals surface area contributed by atoms with Gasteiger partial charge in [0.15, 0.2) is 0 Å². The SMILES string of the molecule is [2H]C(CN([2H])C(C)(C)C)C([2H])C(=O)O. The second-order valence-electron chi connectivity index (χ2n) is 3.25. The van der Waals surface area contributed by atoms with Crippen LogP contribution < -0.4 is 5.31 Å². The number of rotatable bonds is 4. The van der Waals surface area contributed by atoms with Crippen molar-refractivity contribution in [3.8, 4) is 0 Å². The Morgan fingerprint density at radius 2 is 2.27 bits per heavy atom. The summed E-state index contributed by atoms with van der Waals surface area (Å²) in [5.41, 5.74) is -0.433. The second kappa shape index (κ2) is 4.34. The summed E-state index contributed by atoms with van der Waals surface area (Å²) < 4.78 is 22.0. The van der Waals surface area contributed by atoms with Gasteiger partial charge in [-0.1, -0.05) is 0 Å². The molecule has 0 saturated heterocycles. The van der Waals surface area contributed by atoms with Crippen LogP contribution in [-0.4, -0.2) is 23.2 Å². The van der Waals surface area contributed by atoms with Gasteiger partial charge in [0.2, 0.25) is 0 Å². The summed E-state index contributed by atoms with van der Waals surface area (Å²) in [6.45, 7) is 5.36. The first kappa shape index (κ1) is 6.00. The minimum Gasteiger partial charge on any atom is -0.481 e. The molecule has 0 aliphatic heterocycles. The molecule has 3 nitrogen and oxygen atoms in total. The van der Waals surface area contributed by atoms with E-state index in [9.17, 15) is 4.79 Å². The standard InChI is InChI=1S/C8H17NO2/c1-8(2,3)9-6-4-5-7(10)11/h9H,4-6H2,1-3H3,(H,10,11)/i4D,5D/hD. The van der Waals surface area contributed by atoms with Gasteiger partial charge in [0.05, 0.1) is 0 Å². The molecule has 0 aromatic heterocycles. The van der Waals surface area contributed by atoms with Gasteiger partial charge >= 0.3 is 5.97 Å². The van der Waals surface area contributed by atoms with E-state index in [1.807, 2.05) is 0 Å². The van der Waals surface area contributed by atoms with E-state index in [0.29, 0.717) is 0 Å². The van der Waals surface area contributed by atoms with E-state index in [1.165, 1.54) is 0 Å². The first-order valence-corrected chi connectivity index (χ1v) is 3.50. The van der Waals surface area contributed by atoms with Crippen LogP contribution in [0.1, 0.15) is 36.3 Å². The summed E-state index contributed by atoms with van der Waals surface area (Å²) in [4.78, 5) is 10.4. The van der Waals surface area contributed by atoms with Crippen LogP contribution in [-0.2, 0) is 4.79 Å². The zero-order chi connectivity index (χ0) is 11.5. The molecule has 0 bridgehead atoms. The Balaban J connectivity index is 4.19. The van der Waals surface area contributed by atoms with Crippen LogP contribution in [0.2, 0.25) is 1.41 Å². The summed E-state index contributed by atoms with van der Waals surface area (Å²) in [6, 6.07) is 0. The van der Waals surface area contributed by atoms with Crippen molar-refractivity contribution in [2.75, 3.05) is 6.54 Å². The van der Waals surface area contributed by atoms with Crippen molar-refractivity contribution >= 4 is 5.97 Å². The van der Waals surface area contributed by atoms with E-state index in [-0.39, 0.29) is 6.54 Å². The van der Waals surface area contributed by atoms with Gasteiger partial charge in [-0.25, -0.2) is 0 Å². The number of aliphatic carboxylic acids is 1. The maximum atomic E-state index is 10.4. The summed E-state index contributed by atoms with van der Waals surface area (Å²) in [7, 11) is 0. The van der Waals surface area contributed by atoms with Crippen molar-refractivity contribution in [2.45, 2.75) is 39.1 Å². The molecule has 0 aliphatic rings. The molecule has 66 valence electrons. The molecule has 3 heteroatoms. The number of carbonyl (C=O) groups is 1. The van der Waals surface area contributed by atoms with Gasteiger partial charge < -0.3 is 10.4 Å². The maximum absolute atomic E-state index is 10.4. The zero-order valence-electron chi connectivity index (χ0n) is 10.2. The Bertz CT molecular complexity index is 205. The smallest absolute Gasteiger partial charge is 0.303 e. The third kappa shape index (κ3) is 9.43. The van der Waals surface area contributed by atoms with Gasteiger partial charge in [-0.05, 0) is 33.7 Å². The molecule has 2 N–H and O–H groups in total. The van der Waals surface area contributed by atoms with E-state index in [0.717, 1.165) is 5.31 Å². The number of hydrogen-bond acceptors (Lipinski definition) is 2. The molecule has 0 aliphatic carbocycles. The fourth-order valence-corrected chi connectivity index (χ4v) is 0.480. The van der Waals surface area contributed by atoms with Crippen LogP contribution in [0.25, 0.3) is 0 Å². The summed E-state index contributed by atoms with van der Waals surface area (Å²) >= 11 is 0. The van der Waals surface area contributed by atoms with Crippen molar-refractivity contribution in [3.05, 3.63) is 0 Å². The molecule has 2 unspecified atom stereocenters. The first-order chi connectivity index (χ1) is 6.16. The van der Waals surface area contributed by atoms with Crippen molar-refractivity contribution in [1.29, 1.82) is 0 Å². The zero-order valence-corrected chi connectivity index (χ0v) is 7.16. The second-order valence-corrected chi connectivity index (χ2v) is 3.25. The maximum Gasteiger partial charge on any atom is 0.303 e. The number of carboxylic acids is 1. The summed E-state index contributed by atoms with van der Waals surface area (Å²) in [6.07, 6.45) is -2.57. The molecule has 0 fully saturated rings. The Hall–Kier alpha value is -0.570. The molecule has 0 rings (SSSR count). The average Bonchev–Trinajstić information content (AvgIpc) is 2.00. The molecule has 11 heavy (non-hydrogen) atoms. The Morgan fingerprint density at radius 3 is 2.64 bits per heavy atom. The van der Waals surface area contributed by atoms with Gasteiger partial charge in [-0.3, -0.25) is 4.79 Å². The highest BCUT2D eigenvalue weighted by Gasteiger charge is 2.07. The minimum absolute atomic E-state index is 0.0377. The van der Waals surface area contributed by atoms with E-state index in [4.69, 9.17) is 9.26 Å². The third-order valence-corrected chi connectivity index (χ3v) is 0.931. The predicted molar refractivity (Wildman–Crippen MR) is 44.6 cm³/mol. The molecule has 0 saturated carbocycles. The highest BCUT2D eigenvalue weighted by Crippen LogP contribution is 1.98. The fourth-order valence-electron chi connectivity index (χ4n) is 0.480. The lowest BCUT2D eigenvalue weighted by atomic mass is 10.1. The fraction of sp³-hybridized carbons (Fsp3) is 0.875. The minimum atomic E-state index is -1.48. The van der Waals surface area contributed by atoms with Crippen LogP contribution in [0.15, 0.2) is 0 Å². The van der Waals surface area contributed by atoms with Crippen LogP contribution >= 0.6 is 0 Å². The van der Waals surface area contributed by atoms with E-state index < -0.39 is 24.3 Å². The number of hydrogen-bond donors (Lipinski definition) is 2. The molecule has 0 heterocycles. The van der Waals surface area contributed by atoms with Crippen LogP contribution in [0.4, 0.5) is 0 Å². The molecule has 0 radical (unpaired) electrons. The molecular formula is C8H17NO2. The van der Waals surface area contributed by atoms with E-state index in [2.05, 4.69) is 0 Å². The van der Waals surface area contributed by atoms with Crippen molar-refractivity contribution < 1.29 is 14.1 Å². The lowest BCUT2D eigenvalue weighted by molar-refractivity contribution is -0.137. The number of nitrogens with one attached hydrogen (secondary N) is 1. The van der Waals surface area contributed by atoms with Crippen LogP contribution in [0, 0.1) is 0 Å². The molecule has 0 aromatic carbocycles. The highest BCUT2D eigenvalue weighted by atomic mass is 16.4. The van der Waals surface area contributed by atoms with Gasteiger partial charge in [-0.15, -0.1) is 0 Å². The molecule has 0 aromatic rings. The normalized spacial score (nSPS) is 21.6. The molecular weight excluding hydrogens is 142 g/mol. The third-order valence-electron chi connectivity index (χ3n) is 0.931. The first-order valence-electron chi connectivity index (χ1n) is 5.10. The largest absolute Gasteiger partial charge is 0.481 e. The Labute approximate surface area is 72.1 Å². The van der Waals surface area contributed by atoms with Crippen molar-refractivity contribution in [3.63, 3.8) is 0 Å². The topological polar surface area (TPSA) is 49.3 Å². The molecule has 2 atom stereocenters. The summed E-state index contributed by atoms with van der Waals surface area (Å²) in [5, 5.41) is 9.61. The Morgan fingerprint density at radius 1 is 1.73 bits per heavy atom. The lowest BCUT2D eigenvalue weighted by Crippen LogP contribution is -2.36. The average molecular weight is 162 g/mol.